The number of rotatable bonds is 6. The Labute approximate surface area is 117 Å². The summed E-state index contributed by atoms with van der Waals surface area (Å²) in [6.45, 7) is 0.312. The number of hydrogen-bond acceptors (Lipinski definition) is 3. The van der Waals surface area contributed by atoms with Crippen molar-refractivity contribution < 1.29 is 12.8 Å². The highest BCUT2D eigenvalue weighted by molar-refractivity contribution is 7.89. The second-order valence-corrected chi connectivity index (χ2v) is 6.72. The van der Waals surface area contributed by atoms with E-state index in [1.807, 2.05) is 0 Å². The maximum atomic E-state index is 13.7. The van der Waals surface area contributed by atoms with Gasteiger partial charge in [-0.1, -0.05) is 6.42 Å². The van der Waals surface area contributed by atoms with Crippen LogP contribution in [0.2, 0.25) is 0 Å². The average Bonchev–Trinajstić information content (AvgIpc) is 2.32. The van der Waals surface area contributed by atoms with E-state index >= 15 is 0 Å². The standard InChI is InChI=1S/C12H16ClFN2O2S/c13-7-3-9-16(10-4-1-5-10)19(17,18)12-11(14)6-2-8-15-12/h2,6,8,10H,1,3-5,7,9H2. The molecule has 1 heterocycles. The van der Waals surface area contributed by atoms with E-state index in [2.05, 4.69) is 4.98 Å². The van der Waals surface area contributed by atoms with E-state index in [0.717, 1.165) is 25.3 Å². The third kappa shape index (κ3) is 3.07. The van der Waals surface area contributed by atoms with E-state index in [9.17, 15) is 12.8 Å². The van der Waals surface area contributed by atoms with Crippen molar-refractivity contribution in [3.63, 3.8) is 0 Å². The highest BCUT2D eigenvalue weighted by Gasteiger charge is 2.36. The summed E-state index contributed by atoms with van der Waals surface area (Å²) in [6, 6.07) is 2.44. The Balaban J connectivity index is 2.31. The molecule has 1 aliphatic rings. The lowest BCUT2D eigenvalue weighted by atomic mass is 9.93. The van der Waals surface area contributed by atoms with Gasteiger partial charge in [-0.3, -0.25) is 0 Å². The van der Waals surface area contributed by atoms with Crippen molar-refractivity contribution >= 4 is 21.6 Å². The quantitative estimate of drug-likeness (QED) is 0.758. The summed E-state index contributed by atoms with van der Waals surface area (Å²) in [5.74, 6) is -0.429. The predicted molar refractivity (Wildman–Crippen MR) is 71.1 cm³/mol. The van der Waals surface area contributed by atoms with Gasteiger partial charge in [0.1, 0.15) is 0 Å². The minimum absolute atomic E-state index is 0.0466. The lowest BCUT2D eigenvalue weighted by molar-refractivity contribution is 0.218. The third-order valence-corrected chi connectivity index (χ3v) is 5.43. The fraction of sp³-hybridized carbons (Fsp3) is 0.583. The normalized spacial score (nSPS) is 16.6. The predicted octanol–water partition coefficient (Wildman–Crippen LogP) is 2.39. The summed E-state index contributed by atoms with van der Waals surface area (Å²) in [5, 5.41) is -0.489. The van der Waals surface area contributed by atoms with Crippen LogP contribution in [0.1, 0.15) is 25.7 Å². The molecule has 2 rings (SSSR count). The first-order valence-electron chi connectivity index (χ1n) is 6.25. The molecule has 0 aliphatic heterocycles. The van der Waals surface area contributed by atoms with Crippen LogP contribution in [0.15, 0.2) is 23.4 Å². The summed E-state index contributed by atoms with van der Waals surface area (Å²) in [4.78, 5) is 3.68. The minimum atomic E-state index is -3.88. The van der Waals surface area contributed by atoms with E-state index in [0.29, 0.717) is 18.8 Å². The molecule has 19 heavy (non-hydrogen) atoms. The molecule has 1 aromatic heterocycles. The molecule has 0 atom stereocenters. The first-order chi connectivity index (χ1) is 9.07. The van der Waals surface area contributed by atoms with Crippen molar-refractivity contribution in [1.82, 2.24) is 9.29 Å². The summed E-state index contributed by atoms with van der Waals surface area (Å²) in [7, 11) is -3.88. The van der Waals surface area contributed by atoms with Gasteiger partial charge >= 0.3 is 0 Å². The SMILES string of the molecule is O=S(=O)(c1ncccc1F)N(CCCCl)C1CCC1. The van der Waals surface area contributed by atoms with E-state index in [-0.39, 0.29) is 6.04 Å². The van der Waals surface area contributed by atoms with Crippen LogP contribution in [-0.4, -0.2) is 36.2 Å². The molecule has 0 N–H and O–H groups in total. The van der Waals surface area contributed by atoms with Gasteiger partial charge in [-0.05, 0) is 31.4 Å². The summed E-state index contributed by atoms with van der Waals surface area (Å²) in [5.41, 5.74) is 0. The number of nitrogens with zero attached hydrogens (tertiary/aromatic N) is 2. The van der Waals surface area contributed by atoms with Crippen molar-refractivity contribution in [3.8, 4) is 0 Å². The second-order valence-electron chi connectivity index (χ2n) is 4.53. The van der Waals surface area contributed by atoms with Gasteiger partial charge in [-0.2, -0.15) is 4.31 Å². The minimum Gasteiger partial charge on any atom is -0.241 e. The fourth-order valence-electron chi connectivity index (χ4n) is 2.06. The molecule has 0 radical (unpaired) electrons. The zero-order valence-electron chi connectivity index (χ0n) is 10.4. The van der Waals surface area contributed by atoms with Crippen molar-refractivity contribution in [2.45, 2.75) is 36.8 Å². The topological polar surface area (TPSA) is 50.3 Å². The van der Waals surface area contributed by atoms with Crippen LogP contribution in [0.3, 0.4) is 0 Å². The lowest BCUT2D eigenvalue weighted by Crippen LogP contribution is -2.45. The van der Waals surface area contributed by atoms with Crippen molar-refractivity contribution in [2.24, 2.45) is 0 Å². The highest BCUT2D eigenvalue weighted by atomic mass is 35.5. The van der Waals surface area contributed by atoms with Crippen LogP contribution in [0.4, 0.5) is 4.39 Å². The van der Waals surface area contributed by atoms with Crippen LogP contribution >= 0.6 is 11.6 Å². The summed E-state index contributed by atoms with van der Waals surface area (Å²) in [6.07, 6.45) is 4.47. The number of halogens is 2. The molecule has 0 spiro atoms. The van der Waals surface area contributed by atoms with E-state index in [1.54, 1.807) is 0 Å². The fourth-order valence-corrected chi connectivity index (χ4v) is 3.88. The van der Waals surface area contributed by atoms with E-state index < -0.39 is 20.9 Å². The molecule has 0 bridgehead atoms. The third-order valence-electron chi connectivity index (χ3n) is 3.27. The molecular weight excluding hydrogens is 291 g/mol. The molecule has 0 saturated heterocycles. The molecule has 1 saturated carbocycles. The Kier molecular flexibility index (Phi) is 4.76. The Morgan fingerprint density at radius 3 is 2.74 bits per heavy atom. The second kappa shape index (κ2) is 6.15. The molecule has 1 aromatic rings. The smallest absolute Gasteiger partial charge is 0.241 e. The molecular formula is C12H16ClFN2O2S. The maximum absolute atomic E-state index is 13.7. The molecule has 1 fully saturated rings. The number of pyridine rings is 1. The van der Waals surface area contributed by atoms with Gasteiger partial charge < -0.3 is 0 Å². The van der Waals surface area contributed by atoms with Crippen LogP contribution in [0, 0.1) is 5.82 Å². The van der Waals surface area contributed by atoms with Gasteiger partial charge in [0.05, 0.1) is 0 Å². The van der Waals surface area contributed by atoms with Gasteiger partial charge in [-0.25, -0.2) is 17.8 Å². The molecule has 0 unspecified atom stereocenters. The molecule has 4 nitrogen and oxygen atoms in total. The Bertz CT molecular complexity index is 534. The zero-order valence-corrected chi connectivity index (χ0v) is 12.0. The van der Waals surface area contributed by atoms with Gasteiger partial charge in [0, 0.05) is 24.7 Å². The Hall–Kier alpha value is -0.720. The zero-order chi connectivity index (χ0) is 13.9. The molecule has 7 heteroatoms. The van der Waals surface area contributed by atoms with E-state index in [4.69, 9.17) is 11.6 Å². The van der Waals surface area contributed by atoms with E-state index in [1.165, 1.54) is 16.6 Å². The molecule has 1 aliphatic carbocycles. The van der Waals surface area contributed by atoms with Gasteiger partial charge in [0.25, 0.3) is 10.0 Å². The van der Waals surface area contributed by atoms with Crippen LogP contribution in [0.5, 0.6) is 0 Å². The monoisotopic (exact) mass is 306 g/mol. The Morgan fingerprint density at radius 1 is 1.47 bits per heavy atom. The highest BCUT2D eigenvalue weighted by Crippen LogP contribution is 2.30. The van der Waals surface area contributed by atoms with Gasteiger partial charge in [0.15, 0.2) is 5.82 Å². The van der Waals surface area contributed by atoms with Crippen molar-refractivity contribution in [3.05, 3.63) is 24.1 Å². The lowest BCUT2D eigenvalue weighted by Gasteiger charge is -2.36. The Morgan fingerprint density at radius 2 is 2.21 bits per heavy atom. The van der Waals surface area contributed by atoms with Crippen LogP contribution in [-0.2, 0) is 10.0 Å². The van der Waals surface area contributed by atoms with Crippen molar-refractivity contribution in [2.75, 3.05) is 12.4 Å². The largest absolute Gasteiger partial charge is 0.263 e. The summed E-state index contributed by atoms with van der Waals surface area (Å²) < 4.78 is 40.0. The number of alkyl halides is 1. The first-order valence-corrected chi connectivity index (χ1v) is 8.23. The molecule has 106 valence electrons. The number of aromatic nitrogens is 1. The summed E-state index contributed by atoms with van der Waals surface area (Å²) >= 11 is 5.63. The maximum Gasteiger partial charge on any atom is 0.263 e. The van der Waals surface area contributed by atoms with Crippen molar-refractivity contribution in [1.29, 1.82) is 0 Å². The molecule has 0 amide bonds. The number of sulfonamides is 1. The van der Waals surface area contributed by atoms with Gasteiger partial charge in [-0.15, -0.1) is 11.6 Å². The first kappa shape index (κ1) is 14.7. The van der Waals surface area contributed by atoms with Crippen LogP contribution < -0.4 is 0 Å². The number of hydrogen-bond donors (Lipinski definition) is 0. The van der Waals surface area contributed by atoms with Crippen LogP contribution in [0.25, 0.3) is 0 Å². The van der Waals surface area contributed by atoms with Gasteiger partial charge in [0.2, 0.25) is 5.03 Å². The average molecular weight is 307 g/mol. The molecule has 0 aromatic carbocycles.